The van der Waals surface area contributed by atoms with Crippen molar-refractivity contribution >= 4 is 18.3 Å². The van der Waals surface area contributed by atoms with Gasteiger partial charge in [-0.05, 0) is 30.7 Å². The smallest absolute Gasteiger partial charge is 0.429 e. The van der Waals surface area contributed by atoms with Crippen LogP contribution in [0, 0.1) is 6.92 Å². The molecule has 106 valence electrons. The highest BCUT2D eigenvalue weighted by atomic mass is 19.4. The lowest BCUT2D eigenvalue weighted by Gasteiger charge is -2.30. The Bertz CT molecular complexity index is 617. The van der Waals surface area contributed by atoms with E-state index in [2.05, 4.69) is 0 Å². The van der Waals surface area contributed by atoms with Gasteiger partial charge in [-0.25, -0.2) is 0 Å². The highest BCUT2D eigenvalue weighted by Gasteiger charge is 2.46. The van der Waals surface area contributed by atoms with Crippen molar-refractivity contribution in [2.24, 2.45) is 0 Å². The van der Waals surface area contributed by atoms with Crippen molar-refractivity contribution in [3.05, 3.63) is 34.4 Å². The first-order chi connectivity index (χ1) is 9.24. The Labute approximate surface area is 111 Å². The molecule has 20 heavy (non-hydrogen) atoms. The first-order valence-corrected chi connectivity index (χ1v) is 5.50. The van der Waals surface area contributed by atoms with Crippen LogP contribution in [0.1, 0.15) is 21.5 Å². The minimum Gasteiger partial charge on any atom is -0.545 e. The Hall–Kier alpha value is -2.31. The Balaban J connectivity index is 2.65. The Morgan fingerprint density at radius 1 is 1.40 bits per heavy atom. The number of halogens is 3. The van der Waals surface area contributed by atoms with Gasteiger partial charge in [0, 0.05) is 11.1 Å². The number of carboxylic acids is 1. The van der Waals surface area contributed by atoms with E-state index in [9.17, 15) is 27.9 Å². The third-order valence-corrected chi connectivity index (χ3v) is 2.78. The average molecular weight is 285 g/mol. The van der Waals surface area contributed by atoms with Crippen molar-refractivity contribution in [2.75, 3.05) is 0 Å². The van der Waals surface area contributed by atoms with E-state index < -0.39 is 23.8 Å². The molecule has 0 aromatic heterocycles. The van der Waals surface area contributed by atoms with Gasteiger partial charge in [0.05, 0.1) is 11.5 Å². The molecule has 0 saturated carbocycles. The van der Waals surface area contributed by atoms with Crippen molar-refractivity contribution < 1.29 is 32.6 Å². The monoisotopic (exact) mass is 285 g/mol. The predicted octanol–water partition coefficient (Wildman–Crippen LogP) is 1.26. The molecule has 0 fully saturated rings. The molecule has 4 nitrogen and oxygen atoms in total. The fraction of sp³-hybridized carbons (Fsp3) is 0.231. The van der Waals surface area contributed by atoms with Crippen LogP contribution >= 0.6 is 0 Å². The number of carbonyl (C=O) groups excluding carboxylic acids is 2. The second-order valence-electron chi connectivity index (χ2n) is 4.32. The fourth-order valence-corrected chi connectivity index (χ4v) is 1.99. The zero-order chi connectivity index (χ0) is 15.1. The molecule has 0 amide bonds. The summed E-state index contributed by atoms with van der Waals surface area (Å²) < 4.78 is 43.1. The molecule has 1 aromatic carbocycles. The molecule has 1 aromatic rings. The van der Waals surface area contributed by atoms with E-state index in [1.165, 1.54) is 12.1 Å². The van der Waals surface area contributed by atoms with E-state index in [1.54, 1.807) is 6.92 Å². The van der Waals surface area contributed by atoms with Gasteiger partial charge in [0.25, 0.3) is 0 Å². The lowest BCUT2D eigenvalue weighted by molar-refractivity contribution is -0.302. The molecular weight excluding hydrogens is 277 g/mol. The van der Waals surface area contributed by atoms with Crippen LogP contribution in [0.2, 0.25) is 0 Å². The van der Waals surface area contributed by atoms with Crippen LogP contribution in [0.5, 0.6) is 5.75 Å². The highest BCUT2D eigenvalue weighted by Crippen LogP contribution is 2.38. The minimum atomic E-state index is -4.92. The zero-order valence-corrected chi connectivity index (χ0v) is 10.2. The van der Waals surface area contributed by atoms with Crippen LogP contribution in [0.15, 0.2) is 17.7 Å². The topological polar surface area (TPSA) is 66.4 Å². The summed E-state index contributed by atoms with van der Waals surface area (Å²) in [5.74, 6) is -2.25. The molecule has 0 spiro atoms. The normalized spacial score (nSPS) is 17.8. The third-order valence-electron chi connectivity index (χ3n) is 2.78. The summed E-state index contributed by atoms with van der Waals surface area (Å²) in [6, 6.07) is 2.79. The maximum Gasteiger partial charge on any atom is 0.429 e. The summed E-state index contributed by atoms with van der Waals surface area (Å²) in [5, 5.41) is 10.8. The van der Waals surface area contributed by atoms with Crippen molar-refractivity contribution in [3.8, 4) is 5.75 Å². The number of benzene rings is 1. The second kappa shape index (κ2) is 4.66. The van der Waals surface area contributed by atoms with Crippen LogP contribution < -0.4 is 9.84 Å². The summed E-state index contributed by atoms with van der Waals surface area (Å²) in [5.41, 5.74) is -0.393. The van der Waals surface area contributed by atoms with Crippen LogP contribution in [0.25, 0.3) is 6.08 Å². The summed E-state index contributed by atoms with van der Waals surface area (Å²) >= 11 is 0. The quantitative estimate of drug-likeness (QED) is 0.767. The van der Waals surface area contributed by atoms with E-state index >= 15 is 0 Å². The number of alkyl halides is 3. The molecule has 0 saturated heterocycles. The molecule has 7 heteroatoms. The number of hydrogen-bond acceptors (Lipinski definition) is 4. The molecule has 1 aliphatic rings. The van der Waals surface area contributed by atoms with Gasteiger partial charge < -0.3 is 14.6 Å². The summed E-state index contributed by atoms with van der Waals surface area (Å²) in [7, 11) is 0. The minimum absolute atomic E-state index is 0.0668. The van der Waals surface area contributed by atoms with Gasteiger partial charge in [-0.3, -0.25) is 4.79 Å². The van der Waals surface area contributed by atoms with Gasteiger partial charge in [-0.15, -0.1) is 0 Å². The van der Waals surface area contributed by atoms with Crippen molar-refractivity contribution in [1.29, 1.82) is 0 Å². The summed E-state index contributed by atoms with van der Waals surface area (Å²) in [6.45, 7) is 1.62. The van der Waals surface area contributed by atoms with Crippen molar-refractivity contribution in [2.45, 2.75) is 19.2 Å². The molecule has 1 aliphatic heterocycles. The molecule has 0 radical (unpaired) electrons. The number of ether oxygens (including phenoxy) is 1. The molecule has 0 bridgehead atoms. The Kier molecular flexibility index (Phi) is 3.29. The molecule has 0 aliphatic carbocycles. The predicted molar refractivity (Wildman–Crippen MR) is 60.0 cm³/mol. The summed E-state index contributed by atoms with van der Waals surface area (Å²) in [4.78, 5) is 21.7. The van der Waals surface area contributed by atoms with Crippen molar-refractivity contribution in [1.82, 2.24) is 0 Å². The van der Waals surface area contributed by atoms with Gasteiger partial charge in [-0.1, -0.05) is 0 Å². The molecule has 2 rings (SSSR count). The molecule has 0 N–H and O–H groups in total. The number of carbonyl (C=O) groups is 2. The van der Waals surface area contributed by atoms with Gasteiger partial charge >= 0.3 is 6.18 Å². The van der Waals surface area contributed by atoms with E-state index in [1.807, 2.05) is 0 Å². The van der Waals surface area contributed by atoms with Gasteiger partial charge in [0.2, 0.25) is 6.10 Å². The molecule has 1 atom stereocenters. The van der Waals surface area contributed by atoms with Gasteiger partial charge in [0.1, 0.15) is 5.75 Å². The fourth-order valence-electron chi connectivity index (χ4n) is 1.99. The van der Waals surface area contributed by atoms with Gasteiger partial charge in [-0.2, -0.15) is 13.2 Å². The Morgan fingerprint density at radius 2 is 2.05 bits per heavy atom. The molecular formula is C13H8F3O4-. The second-order valence-corrected chi connectivity index (χ2v) is 4.32. The number of aliphatic carboxylic acids is 1. The van der Waals surface area contributed by atoms with Gasteiger partial charge in [0.15, 0.2) is 6.29 Å². The van der Waals surface area contributed by atoms with Crippen LogP contribution in [-0.2, 0) is 4.79 Å². The number of carboxylic acid groups (broad SMARTS) is 1. The number of hydrogen-bond donors (Lipinski definition) is 0. The lowest BCUT2D eigenvalue weighted by Crippen LogP contribution is -2.44. The molecule has 1 heterocycles. The largest absolute Gasteiger partial charge is 0.545 e. The maximum absolute atomic E-state index is 12.8. The summed E-state index contributed by atoms with van der Waals surface area (Å²) in [6.07, 6.45) is -6.39. The first-order valence-electron chi connectivity index (χ1n) is 5.50. The standard InChI is InChI=1S/C13H9F3O4/c1-6-2-7-4-9(12(18)19)11(13(14,15)16)20-10(7)8(3-6)5-17/h2-5,11H,1H3,(H,18,19)/p-1. The van der Waals surface area contributed by atoms with E-state index in [0.717, 1.165) is 6.08 Å². The van der Waals surface area contributed by atoms with Crippen LogP contribution in [-0.4, -0.2) is 24.5 Å². The van der Waals surface area contributed by atoms with E-state index in [-0.39, 0.29) is 16.9 Å². The number of rotatable bonds is 2. The third kappa shape index (κ3) is 2.38. The van der Waals surface area contributed by atoms with Crippen LogP contribution in [0.3, 0.4) is 0 Å². The highest BCUT2D eigenvalue weighted by molar-refractivity contribution is 5.95. The lowest BCUT2D eigenvalue weighted by atomic mass is 9.97. The number of aldehydes is 1. The van der Waals surface area contributed by atoms with Crippen molar-refractivity contribution in [3.63, 3.8) is 0 Å². The van der Waals surface area contributed by atoms with Crippen LogP contribution in [0.4, 0.5) is 13.2 Å². The van der Waals surface area contributed by atoms with E-state index in [4.69, 9.17) is 4.74 Å². The maximum atomic E-state index is 12.8. The zero-order valence-electron chi connectivity index (χ0n) is 10.2. The average Bonchev–Trinajstić information content (AvgIpc) is 2.34. The number of aryl methyl sites for hydroxylation is 1. The van der Waals surface area contributed by atoms with E-state index in [0.29, 0.717) is 11.8 Å². The first kappa shape index (κ1) is 14.1. The number of fused-ring (bicyclic) bond motifs is 1. The Morgan fingerprint density at radius 3 is 2.55 bits per heavy atom. The SMILES string of the molecule is Cc1cc(C=O)c2c(c1)C=C(C(=O)[O-])C(C(F)(F)F)O2. The molecule has 1 unspecified atom stereocenters.